The summed E-state index contributed by atoms with van der Waals surface area (Å²) in [6.45, 7) is 14.8. The Morgan fingerprint density at radius 2 is 1.82 bits per heavy atom. The predicted molar refractivity (Wildman–Crippen MR) is 151 cm³/mol. The zero-order chi connectivity index (χ0) is 24.6. The van der Waals surface area contributed by atoms with E-state index < -0.39 is 5.60 Å². The summed E-state index contributed by atoms with van der Waals surface area (Å²) >= 11 is 9.23. The van der Waals surface area contributed by atoms with E-state index in [0.29, 0.717) is 18.1 Å². The molecule has 2 aromatic rings. The number of nitrogens with zero attached hydrogens (tertiary/aromatic N) is 4. The SMILES string of the molecule is CCN(CC)c1cc(Cl)c2c(c1)S(I)=c1cc(N3CCN(C(=O)OC(C)(C)C)CC3)ccc1=N2. The van der Waals surface area contributed by atoms with E-state index in [2.05, 4.69) is 69.1 Å². The number of hydrogen-bond donors (Lipinski definition) is 0. The van der Waals surface area contributed by atoms with Crippen LogP contribution in [-0.2, 0) is 4.74 Å². The van der Waals surface area contributed by atoms with Crippen molar-refractivity contribution in [2.24, 2.45) is 4.99 Å². The number of fused-ring (bicyclic) bond motifs is 2. The molecule has 4 rings (SSSR count). The van der Waals surface area contributed by atoms with Crippen LogP contribution in [-0.4, -0.2) is 55.9 Å². The van der Waals surface area contributed by atoms with Gasteiger partial charge in [0, 0.05) is 60.0 Å². The van der Waals surface area contributed by atoms with Crippen LogP contribution in [0.4, 0.5) is 21.9 Å². The van der Waals surface area contributed by atoms with Crippen molar-refractivity contribution < 1.29 is 9.53 Å². The van der Waals surface area contributed by atoms with Gasteiger partial charge in [-0.25, -0.2) is 9.79 Å². The van der Waals surface area contributed by atoms with E-state index in [4.69, 9.17) is 21.3 Å². The summed E-state index contributed by atoms with van der Waals surface area (Å²) in [4.78, 5) is 25.0. The van der Waals surface area contributed by atoms with Gasteiger partial charge in [0.05, 0.1) is 16.1 Å². The molecule has 1 atom stereocenters. The van der Waals surface area contributed by atoms with Crippen molar-refractivity contribution >= 4 is 63.6 Å². The molecule has 6 nitrogen and oxygen atoms in total. The fourth-order valence-corrected chi connectivity index (χ4v) is 7.91. The number of anilines is 2. The van der Waals surface area contributed by atoms with Gasteiger partial charge in [-0.3, -0.25) is 0 Å². The molecule has 0 bridgehead atoms. The molecule has 2 heterocycles. The van der Waals surface area contributed by atoms with E-state index in [9.17, 15) is 4.79 Å². The number of benzene rings is 2. The Morgan fingerprint density at radius 1 is 1.15 bits per heavy atom. The second-order valence-electron chi connectivity index (χ2n) is 9.42. The minimum absolute atomic E-state index is 0.168. The molecule has 34 heavy (non-hydrogen) atoms. The minimum Gasteiger partial charge on any atom is -0.444 e. The largest absolute Gasteiger partial charge is 0.444 e. The fraction of sp³-hybridized carbons (Fsp3) is 0.480. The molecule has 2 aromatic carbocycles. The third-order valence-electron chi connectivity index (χ3n) is 6.00. The Bertz CT molecular complexity index is 1220. The molecule has 2 aliphatic heterocycles. The topological polar surface area (TPSA) is 48.4 Å². The molecule has 9 heteroatoms. The summed E-state index contributed by atoms with van der Waals surface area (Å²) in [6, 6.07) is 10.8. The zero-order valence-corrected chi connectivity index (χ0v) is 24.1. The Balaban J connectivity index is 1.61. The lowest BCUT2D eigenvalue weighted by Crippen LogP contribution is -2.50. The number of ether oxygens (including phenoxy) is 1. The van der Waals surface area contributed by atoms with Gasteiger partial charge in [-0.15, -0.1) is 0 Å². The lowest BCUT2D eigenvalue weighted by molar-refractivity contribution is 0.0240. The normalized spacial score (nSPS) is 17.6. The number of rotatable bonds is 4. The van der Waals surface area contributed by atoms with Crippen LogP contribution in [0.2, 0.25) is 5.02 Å². The maximum absolute atomic E-state index is 12.4. The van der Waals surface area contributed by atoms with Crippen LogP contribution in [0.15, 0.2) is 40.2 Å². The van der Waals surface area contributed by atoms with Gasteiger partial charge in [0.1, 0.15) is 5.60 Å². The highest BCUT2D eigenvalue weighted by Gasteiger charge is 2.26. The van der Waals surface area contributed by atoms with Gasteiger partial charge < -0.3 is 19.4 Å². The number of amides is 1. The van der Waals surface area contributed by atoms with E-state index >= 15 is 0 Å². The van der Waals surface area contributed by atoms with Crippen LogP contribution >= 0.6 is 40.5 Å². The van der Waals surface area contributed by atoms with Crippen molar-refractivity contribution in [1.82, 2.24) is 4.90 Å². The second kappa shape index (κ2) is 10.2. The van der Waals surface area contributed by atoms with Crippen molar-refractivity contribution in [3.05, 3.63) is 45.2 Å². The maximum Gasteiger partial charge on any atom is 0.410 e. The van der Waals surface area contributed by atoms with Gasteiger partial charge in [-0.05, 0) is 86.2 Å². The average Bonchev–Trinajstić information content (AvgIpc) is 2.80. The lowest BCUT2D eigenvalue weighted by atomic mass is 10.2. The van der Waals surface area contributed by atoms with Crippen LogP contribution in [0.3, 0.4) is 0 Å². The molecule has 0 N–H and O–H groups in total. The zero-order valence-electron chi connectivity index (χ0n) is 20.4. The van der Waals surface area contributed by atoms with Crippen molar-refractivity contribution in [2.45, 2.75) is 45.1 Å². The molecule has 0 radical (unpaired) electrons. The smallest absolute Gasteiger partial charge is 0.410 e. The van der Waals surface area contributed by atoms with Crippen LogP contribution in [0.5, 0.6) is 0 Å². The standard InChI is InChI=1S/C25H32ClIN4O2S/c1-6-29(7-2)18-14-19(26)23-22(16-18)34(27)21-15-17(8-9-20(21)28-23)30-10-12-31(13-11-30)24(32)33-25(3,4)5/h8-9,14-16H,6-7,10-13H2,1-5H3. The van der Waals surface area contributed by atoms with E-state index in [0.717, 1.165) is 42.9 Å². The number of carbonyl (C=O) groups is 1. The number of carbonyl (C=O) groups excluding carboxylic acids is 1. The molecule has 1 amide bonds. The highest BCUT2D eigenvalue weighted by molar-refractivity contribution is 14.2. The molecule has 1 fully saturated rings. The summed E-state index contributed by atoms with van der Waals surface area (Å²) < 4.78 is 6.76. The van der Waals surface area contributed by atoms with Gasteiger partial charge in [0.15, 0.2) is 0 Å². The Hall–Kier alpha value is -1.52. The fourth-order valence-electron chi connectivity index (χ4n) is 4.22. The number of hydrogen-bond acceptors (Lipinski definition) is 5. The number of piperazine rings is 1. The van der Waals surface area contributed by atoms with Crippen LogP contribution < -0.4 is 15.2 Å². The summed E-state index contributed by atoms with van der Waals surface area (Å²) in [5, 5.41) is 1.69. The summed E-state index contributed by atoms with van der Waals surface area (Å²) in [5.41, 5.74) is 2.73. The lowest BCUT2D eigenvalue weighted by Gasteiger charge is -2.36. The second-order valence-corrected chi connectivity index (χ2v) is 13.9. The molecular weight excluding hydrogens is 583 g/mol. The average molecular weight is 615 g/mol. The van der Waals surface area contributed by atoms with E-state index in [-0.39, 0.29) is 13.7 Å². The van der Waals surface area contributed by atoms with Gasteiger partial charge in [-0.1, -0.05) is 19.3 Å². The first kappa shape index (κ1) is 25.6. The van der Waals surface area contributed by atoms with Crippen LogP contribution in [0, 0.1) is 4.51 Å². The van der Waals surface area contributed by atoms with Crippen molar-refractivity contribution in [2.75, 3.05) is 49.1 Å². The van der Waals surface area contributed by atoms with Gasteiger partial charge in [0.2, 0.25) is 0 Å². The molecule has 1 unspecified atom stereocenters. The van der Waals surface area contributed by atoms with Crippen molar-refractivity contribution in [1.29, 1.82) is 0 Å². The highest BCUT2D eigenvalue weighted by atomic mass is 127. The minimum atomic E-state index is -0.475. The van der Waals surface area contributed by atoms with E-state index in [1.165, 1.54) is 15.1 Å². The van der Waals surface area contributed by atoms with E-state index in [1.807, 2.05) is 26.8 Å². The first-order chi connectivity index (χ1) is 16.1. The maximum atomic E-state index is 12.4. The molecular formula is C25H32ClIN4O2S. The van der Waals surface area contributed by atoms with Crippen LogP contribution in [0.25, 0.3) is 0 Å². The van der Waals surface area contributed by atoms with Crippen LogP contribution in [0.1, 0.15) is 34.6 Å². The molecule has 0 aliphatic carbocycles. The first-order valence-electron chi connectivity index (χ1n) is 11.7. The van der Waals surface area contributed by atoms with Gasteiger partial charge >= 0.3 is 6.09 Å². The summed E-state index contributed by atoms with van der Waals surface area (Å²) in [5.74, 6) is 0. The highest BCUT2D eigenvalue weighted by Crippen LogP contribution is 2.49. The first-order valence-corrected chi connectivity index (χ1v) is 15.8. The Kier molecular flexibility index (Phi) is 7.69. The third-order valence-corrected chi connectivity index (χ3v) is 10.5. The molecule has 2 aliphatic rings. The third kappa shape index (κ3) is 5.33. The summed E-state index contributed by atoms with van der Waals surface area (Å²) in [7, 11) is -0.168. The quantitative estimate of drug-likeness (QED) is 0.294. The van der Waals surface area contributed by atoms with E-state index in [1.54, 1.807) is 4.90 Å². The summed E-state index contributed by atoms with van der Waals surface area (Å²) in [6.07, 6.45) is -0.234. The van der Waals surface area contributed by atoms with Crippen molar-refractivity contribution in [3.63, 3.8) is 0 Å². The Morgan fingerprint density at radius 3 is 2.44 bits per heavy atom. The van der Waals surface area contributed by atoms with Gasteiger partial charge in [-0.2, -0.15) is 0 Å². The number of halogens is 2. The predicted octanol–water partition coefficient (Wildman–Crippen LogP) is 6.44. The molecule has 0 saturated carbocycles. The monoisotopic (exact) mass is 614 g/mol. The van der Waals surface area contributed by atoms with Gasteiger partial charge in [0.25, 0.3) is 0 Å². The molecule has 1 saturated heterocycles. The molecule has 0 aromatic heterocycles. The Labute approximate surface area is 221 Å². The van der Waals surface area contributed by atoms with Crippen molar-refractivity contribution in [3.8, 4) is 0 Å². The molecule has 184 valence electrons. The molecule has 0 spiro atoms.